The monoisotopic (exact) mass is 370 g/mol. The van der Waals surface area contributed by atoms with Gasteiger partial charge in [0.1, 0.15) is 0 Å². The van der Waals surface area contributed by atoms with Crippen LogP contribution in [0, 0.1) is 0 Å². The first-order chi connectivity index (χ1) is 11.5. The van der Waals surface area contributed by atoms with Crippen molar-refractivity contribution in [3.05, 3.63) is 46.8 Å². The minimum Gasteiger partial charge on any atom is -0.374 e. The topological polar surface area (TPSA) is 55.4 Å². The Balaban J connectivity index is 2.99. The van der Waals surface area contributed by atoms with E-state index in [1.807, 2.05) is 47.8 Å². The second-order valence-electron chi connectivity index (χ2n) is 4.77. The standard InChI is InChI=1S/C16H26O6Si2/c1-17-23(18-2,19-3)12-10-15-8-7-9-16(14-15)11-13-24(20-4,21-5)22-6/h7-14H,1-6H3. The zero-order valence-corrected chi connectivity index (χ0v) is 17.1. The maximum absolute atomic E-state index is 5.37. The molecule has 0 spiro atoms. The Morgan fingerprint density at radius 2 is 0.958 bits per heavy atom. The van der Waals surface area contributed by atoms with E-state index in [9.17, 15) is 0 Å². The average Bonchev–Trinajstić information content (AvgIpc) is 2.65. The Morgan fingerprint density at radius 3 is 1.25 bits per heavy atom. The smallest absolute Gasteiger partial charge is 0.374 e. The van der Waals surface area contributed by atoms with Crippen LogP contribution < -0.4 is 0 Å². The normalized spacial score (nSPS) is 13.2. The van der Waals surface area contributed by atoms with Crippen molar-refractivity contribution in [3.63, 3.8) is 0 Å². The Kier molecular flexibility index (Phi) is 8.74. The van der Waals surface area contributed by atoms with Gasteiger partial charge in [0, 0.05) is 42.7 Å². The van der Waals surface area contributed by atoms with Crippen LogP contribution in [0.5, 0.6) is 0 Å². The number of hydrogen-bond donors (Lipinski definition) is 0. The molecule has 0 aromatic heterocycles. The Bertz CT molecular complexity index is 491. The van der Waals surface area contributed by atoms with Gasteiger partial charge >= 0.3 is 17.6 Å². The minimum atomic E-state index is -2.74. The average molecular weight is 371 g/mol. The molecule has 134 valence electrons. The molecule has 1 rings (SSSR count). The summed E-state index contributed by atoms with van der Waals surface area (Å²) in [4.78, 5) is 0. The summed E-state index contributed by atoms with van der Waals surface area (Å²) < 4.78 is 32.2. The van der Waals surface area contributed by atoms with Crippen molar-refractivity contribution in [2.75, 3.05) is 42.7 Å². The van der Waals surface area contributed by atoms with E-state index in [-0.39, 0.29) is 0 Å². The van der Waals surface area contributed by atoms with Gasteiger partial charge in [0.25, 0.3) is 0 Å². The van der Waals surface area contributed by atoms with Crippen molar-refractivity contribution in [1.82, 2.24) is 0 Å². The van der Waals surface area contributed by atoms with E-state index in [1.54, 1.807) is 42.7 Å². The summed E-state index contributed by atoms with van der Waals surface area (Å²) in [6, 6.07) is 7.96. The van der Waals surface area contributed by atoms with E-state index in [4.69, 9.17) is 26.6 Å². The highest BCUT2D eigenvalue weighted by Gasteiger charge is 2.35. The molecule has 0 aliphatic heterocycles. The van der Waals surface area contributed by atoms with Gasteiger partial charge < -0.3 is 26.6 Å². The van der Waals surface area contributed by atoms with Gasteiger partial charge in [-0.05, 0) is 28.6 Å². The van der Waals surface area contributed by atoms with E-state index < -0.39 is 17.6 Å². The molecule has 0 atom stereocenters. The molecule has 0 N–H and O–H groups in total. The van der Waals surface area contributed by atoms with Crippen LogP contribution in [0.25, 0.3) is 12.2 Å². The fourth-order valence-electron chi connectivity index (χ4n) is 2.07. The van der Waals surface area contributed by atoms with Crippen molar-refractivity contribution in [2.45, 2.75) is 0 Å². The lowest BCUT2D eigenvalue weighted by Crippen LogP contribution is -2.40. The van der Waals surface area contributed by atoms with Crippen LogP contribution in [-0.2, 0) is 26.6 Å². The van der Waals surface area contributed by atoms with Crippen LogP contribution in [0.1, 0.15) is 11.1 Å². The van der Waals surface area contributed by atoms with Gasteiger partial charge in [0.15, 0.2) is 0 Å². The van der Waals surface area contributed by atoms with Crippen molar-refractivity contribution < 1.29 is 26.6 Å². The summed E-state index contributed by atoms with van der Waals surface area (Å²) in [7, 11) is 3.99. The van der Waals surface area contributed by atoms with E-state index in [2.05, 4.69) is 0 Å². The van der Waals surface area contributed by atoms with Gasteiger partial charge in [-0.3, -0.25) is 0 Å². The fraction of sp³-hybridized carbons (Fsp3) is 0.375. The lowest BCUT2D eigenvalue weighted by atomic mass is 10.1. The van der Waals surface area contributed by atoms with Gasteiger partial charge in [-0.2, -0.15) is 0 Å². The molecule has 8 heteroatoms. The van der Waals surface area contributed by atoms with Crippen LogP contribution in [0.4, 0.5) is 0 Å². The third-order valence-corrected chi connectivity index (χ3v) is 8.14. The highest BCUT2D eigenvalue weighted by Crippen LogP contribution is 2.15. The number of hydrogen-bond acceptors (Lipinski definition) is 6. The zero-order chi connectivity index (χ0) is 18.1. The quantitative estimate of drug-likeness (QED) is 0.590. The van der Waals surface area contributed by atoms with Gasteiger partial charge in [-0.15, -0.1) is 0 Å². The van der Waals surface area contributed by atoms with Crippen molar-refractivity contribution >= 4 is 29.8 Å². The summed E-state index contributed by atoms with van der Waals surface area (Å²) in [6.45, 7) is 0. The van der Waals surface area contributed by atoms with Gasteiger partial charge in [-0.25, -0.2) is 0 Å². The van der Waals surface area contributed by atoms with Crippen molar-refractivity contribution in [2.24, 2.45) is 0 Å². The second kappa shape index (κ2) is 10.0. The number of rotatable bonds is 10. The molecule has 0 bridgehead atoms. The molecule has 0 aliphatic carbocycles. The molecular weight excluding hydrogens is 344 g/mol. The van der Waals surface area contributed by atoms with Gasteiger partial charge in [0.05, 0.1) is 0 Å². The van der Waals surface area contributed by atoms with Crippen LogP contribution in [0.15, 0.2) is 35.7 Å². The molecule has 0 fully saturated rings. The lowest BCUT2D eigenvalue weighted by molar-refractivity contribution is 0.138. The van der Waals surface area contributed by atoms with Crippen LogP contribution >= 0.6 is 0 Å². The van der Waals surface area contributed by atoms with Gasteiger partial charge in [0.2, 0.25) is 0 Å². The zero-order valence-electron chi connectivity index (χ0n) is 15.1. The molecule has 0 radical (unpaired) electrons. The predicted molar refractivity (Wildman–Crippen MR) is 98.1 cm³/mol. The van der Waals surface area contributed by atoms with E-state index >= 15 is 0 Å². The second-order valence-corrected chi connectivity index (χ2v) is 10.3. The first-order valence-corrected chi connectivity index (χ1v) is 10.9. The Morgan fingerprint density at radius 1 is 0.625 bits per heavy atom. The first-order valence-electron chi connectivity index (χ1n) is 7.32. The largest absolute Gasteiger partial charge is 0.528 e. The highest BCUT2D eigenvalue weighted by atomic mass is 28.4. The Hall–Kier alpha value is -1.11. The maximum atomic E-state index is 5.37. The summed E-state index contributed by atoms with van der Waals surface area (Å²) in [5, 5.41) is 0. The lowest BCUT2D eigenvalue weighted by Gasteiger charge is -2.20. The Labute approximate surface area is 146 Å². The SMILES string of the molecule is CO[Si](C=Cc1cccc(C=C[Si](OC)(OC)OC)c1)(OC)OC. The molecule has 1 aromatic rings. The van der Waals surface area contributed by atoms with Gasteiger partial charge in [-0.1, -0.05) is 30.4 Å². The van der Waals surface area contributed by atoms with Crippen LogP contribution in [0.2, 0.25) is 0 Å². The van der Waals surface area contributed by atoms with Crippen molar-refractivity contribution in [1.29, 1.82) is 0 Å². The maximum Gasteiger partial charge on any atom is 0.528 e. The molecular formula is C16H26O6Si2. The van der Waals surface area contributed by atoms with Crippen LogP contribution in [0.3, 0.4) is 0 Å². The molecule has 0 saturated heterocycles. The number of benzene rings is 1. The summed E-state index contributed by atoms with van der Waals surface area (Å²) in [5.41, 5.74) is 5.68. The summed E-state index contributed by atoms with van der Waals surface area (Å²) >= 11 is 0. The minimum absolute atomic E-state index is 1.000. The molecule has 0 amide bonds. The molecule has 1 aromatic carbocycles. The summed E-state index contributed by atoms with van der Waals surface area (Å²) in [6.07, 6.45) is 3.85. The molecule has 0 aliphatic rings. The van der Waals surface area contributed by atoms with E-state index in [0.717, 1.165) is 11.1 Å². The van der Waals surface area contributed by atoms with E-state index in [0.29, 0.717) is 0 Å². The molecule has 0 saturated carbocycles. The third kappa shape index (κ3) is 5.47. The molecule has 6 nitrogen and oxygen atoms in total. The fourth-order valence-corrected chi connectivity index (χ4v) is 4.68. The van der Waals surface area contributed by atoms with Crippen molar-refractivity contribution in [3.8, 4) is 0 Å². The first kappa shape index (κ1) is 20.9. The van der Waals surface area contributed by atoms with Crippen LogP contribution in [-0.4, -0.2) is 60.3 Å². The summed E-state index contributed by atoms with van der Waals surface area (Å²) in [5.74, 6) is 0. The highest BCUT2D eigenvalue weighted by molar-refractivity contribution is 6.67. The molecule has 0 unspecified atom stereocenters. The third-order valence-electron chi connectivity index (χ3n) is 3.58. The predicted octanol–water partition coefficient (Wildman–Crippen LogP) is 2.55. The molecule has 0 heterocycles. The molecule has 24 heavy (non-hydrogen) atoms. The van der Waals surface area contributed by atoms with E-state index in [1.165, 1.54) is 0 Å².